The molecular formula is C56H99O11P. The number of allylic oxidation sites excluding steroid dienone is 10. The molecule has 0 heterocycles. The lowest BCUT2D eigenvalue weighted by atomic mass is 10.0. The van der Waals surface area contributed by atoms with E-state index in [0.29, 0.717) is 19.3 Å². The van der Waals surface area contributed by atoms with Crippen LogP contribution in [0.15, 0.2) is 60.8 Å². The second kappa shape index (κ2) is 50.6. The van der Waals surface area contributed by atoms with Gasteiger partial charge in [0.1, 0.15) is 12.7 Å². The lowest BCUT2D eigenvalue weighted by Gasteiger charge is -2.21. The van der Waals surface area contributed by atoms with E-state index in [1.54, 1.807) is 0 Å². The molecule has 68 heavy (non-hydrogen) atoms. The Morgan fingerprint density at radius 1 is 0.426 bits per heavy atom. The zero-order valence-corrected chi connectivity index (χ0v) is 44.2. The van der Waals surface area contributed by atoms with Gasteiger partial charge in [0.15, 0.2) is 6.10 Å². The number of phosphoric acid groups is 1. The fourth-order valence-corrected chi connectivity index (χ4v) is 8.11. The minimum Gasteiger partial charge on any atom is -0.462 e. The van der Waals surface area contributed by atoms with E-state index in [-0.39, 0.29) is 25.9 Å². The number of ether oxygens (including phenoxy) is 3. The van der Waals surface area contributed by atoms with Crippen LogP contribution < -0.4 is 0 Å². The lowest BCUT2D eigenvalue weighted by molar-refractivity contribution is -0.161. The molecule has 0 aliphatic heterocycles. The number of carbonyl (C=O) groups excluding carboxylic acids is 3. The first-order valence-corrected chi connectivity index (χ1v) is 28.7. The van der Waals surface area contributed by atoms with Crippen LogP contribution in [0.2, 0.25) is 0 Å². The summed E-state index contributed by atoms with van der Waals surface area (Å²) in [6.07, 6.45) is 53.4. The molecule has 0 saturated heterocycles. The van der Waals surface area contributed by atoms with E-state index < -0.39 is 57.8 Å². The summed E-state index contributed by atoms with van der Waals surface area (Å²) in [5, 5.41) is 9.75. The van der Waals surface area contributed by atoms with Crippen molar-refractivity contribution in [2.45, 2.75) is 251 Å². The number of esters is 3. The predicted octanol–water partition coefficient (Wildman–Crippen LogP) is 15.6. The lowest BCUT2D eigenvalue weighted by Crippen LogP contribution is -2.30. The average molecular weight is 979 g/mol. The summed E-state index contributed by atoms with van der Waals surface area (Å²) in [6, 6.07) is 0. The van der Waals surface area contributed by atoms with Crippen LogP contribution in [0.1, 0.15) is 239 Å². The number of carbonyl (C=O) groups is 3. The maximum atomic E-state index is 12.8. The van der Waals surface area contributed by atoms with Crippen molar-refractivity contribution in [3.8, 4) is 0 Å². The topological polar surface area (TPSA) is 155 Å². The van der Waals surface area contributed by atoms with E-state index in [9.17, 15) is 28.9 Å². The summed E-state index contributed by atoms with van der Waals surface area (Å²) in [6.45, 7) is 4.47. The minimum atomic E-state index is -4.74. The van der Waals surface area contributed by atoms with E-state index in [1.807, 2.05) is 0 Å². The number of rotatable bonds is 50. The van der Waals surface area contributed by atoms with E-state index in [2.05, 4.69) is 81.5 Å². The highest BCUT2D eigenvalue weighted by molar-refractivity contribution is 7.47. The molecule has 0 aliphatic rings. The van der Waals surface area contributed by atoms with Crippen molar-refractivity contribution in [1.29, 1.82) is 0 Å². The van der Waals surface area contributed by atoms with Gasteiger partial charge in [-0.2, -0.15) is 0 Å². The molecule has 0 aromatic heterocycles. The minimum absolute atomic E-state index is 0.163. The second-order valence-electron chi connectivity index (χ2n) is 18.0. The number of hydrogen-bond donors (Lipinski definition) is 2. The number of aliphatic hydroxyl groups excluding tert-OH is 1. The van der Waals surface area contributed by atoms with Gasteiger partial charge in [-0.15, -0.1) is 0 Å². The zero-order valence-electron chi connectivity index (χ0n) is 43.3. The van der Waals surface area contributed by atoms with E-state index >= 15 is 0 Å². The van der Waals surface area contributed by atoms with Crippen molar-refractivity contribution in [1.82, 2.24) is 0 Å². The quantitative estimate of drug-likeness (QED) is 0.0197. The SMILES string of the molecule is CC/C=C\C/C=C\C/C=C\C/C=C\C/C=C\CCCCCC(=O)OCC(COP(=O)(O)OCC(CO)OC(=O)CCCCCCCCCCC)OC(=O)CCCCCCCCCCCCCCC. The van der Waals surface area contributed by atoms with Gasteiger partial charge in [-0.1, -0.05) is 216 Å². The first-order chi connectivity index (χ1) is 33.2. The average Bonchev–Trinajstić information content (AvgIpc) is 3.32. The molecule has 3 unspecified atom stereocenters. The molecule has 0 aromatic rings. The molecule has 0 spiro atoms. The van der Waals surface area contributed by atoms with Gasteiger partial charge < -0.3 is 24.2 Å². The normalized spacial score (nSPS) is 13.9. The van der Waals surface area contributed by atoms with Crippen molar-refractivity contribution in [3.05, 3.63) is 60.8 Å². The highest BCUT2D eigenvalue weighted by Gasteiger charge is 2.28. The van der Waals surface area contributed by atoms with E-state index in [4.69, 9.17) is 23.3 Å². The maximum absolute atomic E-state index is 12.8. The first-order valence-electron chi connectivity index (χ1n) is 27.2. The summed E-state index contributed by atoms with van der Waals surface area (Å²) in [5.74, 6) is -1.50. The van der Waals surface area contributed by atoms with Gasteiger partial charge in [-0.05, 0) is 64.2 Å². The molecular weight excluding hydrogens is 880 g/mol. The van der Waals surface area contributed by atoms with Crippen LogP contribution in [0.25, 0.3) is 0 Å². The third-order valence-corrected chi connectivity index (χ3v) is 12.4. The highest BCUT2D eigenvalue weighted by atomic mass is 31.2. The third-order valence-electron chi connectivity index (χ3n) is 11.5. The van der Waals surface area contributed by atoms with Crippen molar-refractivity contribution in [3.63, 3.8) is 0 Å². The first kappa shape index (κ1) is 65.2. The van der Waals surface area contributed by atoms with Gasteiger partial charge >= 0.3 is 25.7 Å². The van der Waals surface area contributed by atoms with Gasteiger partial charge in [-0.25, -0.2) is 4.57 Å². The predicted molar refractivity (Wildman–Crippen MR) is 279 cm³/mol. The Bertz CT molecular complexity index is 1370. The van der Waals surface area contributed by atoms with Crippen LogP contribution in [0.4, 0.5) is 0 Å². The largest absolute Gasteiger partial charge is 0.472 e. The summed E-state index contributed by atoms with van der Waals surface area (Å²) < 4.78 is 39.3. The van der Waals surface area contributed by atoms with Crippen LogP contribution in [-0.4, -0.2) is 66.5 Å². The molecule has 2 N–H and O–H groups in total. The standard InChI is InChI=1S/C56H99O11P/c1-4-7-10-13-16-19-21-23-24-25-26-27-28-30-31-34-36-39-42-45-54(58)63-49-53(67-56(60)47-44-41-38-35-32-29-22-20-17-14-11-8-5-2)51-65-68(61,62)64-50-52(48-57)66-55(59)46-43-40-37-33-18-15-12-9-6-3/h7,10,16,19,23-24,26-27,30-31,52-53,57H,4-6,8-9,11-15,17-18,20-22,25,28-29,32-51H2,1-3H3,(H,61,62)/b10-7-,19-16-,24-23-,27-26-,31-30-. The van der Waals surface area contributed by atoms with E-state index in [1.165, 1.54) is 89.9 Å². The summed E-state index contributed by atoms with van der Waals surface area (Å²) in [4.78, 5) is 48.3. The van der Waals surface area contributed by atoms with Crippen LogP contribution in [-0.2, 0) is 42.2 Å². The van der Waals surface area contributed by atoms with Gasteiger partial charge in [0, 0.05) is 19.3 Å². The Morgan fingerprint density at radius 3 is 1.18 bits per heavy atom. The zero-order chi connectivity index (χ0) is 49.9. The number of aliphatic hydroxyl groups is 1. The Kier molecular flexibility index (Phi) is 48.5. The number of unbranched alkanes of at least 4 members (excludes halogenated alkanes) is 23. The Hall–Kier alpha value is -2.82. The third kappa shape index (κ3) is 48.2. The maximum Gasteiger partial charge on any atom is 0.472 e. The molecule has 0 aromatic carbocycles. The summed E-state index contributed by atoms with van der Waals surface area (Å²) >= 11 is 0. The van der Waals surface area contributed by atoms with Gasteiger partial charge in [-0.3, -0.25) is 23.4 Å². The van der Waals surface area contributed by atoms with Gasteiger partial charge in [0.25, 0.3) is 0 Å². The second-order valence-corrected chi connectivity index (χ2v) is 19.5. The molecule has 0 bridgehead atoms. The smallest absolute Gasteiger partial charge is 0.462 e. The molecule has 0 aliphatic carbocycles. The summed E-state index contributed by atoms with van der Waals surface area (Å²) in [7, 11) is -4.74. The molecule has 0 radical (unpaired) electrons. The van der Waals surface area contributed by atoms with Crippen molar-refractivity contribution >= 4 is 25.7 Å². The highest BCUT2D eigenvalue weighted by Crippen LogP contribution is 2.43. The molecule has 0 rings (SSSR count). The molecule has 0 saturated carbocycles. The Labute approximate surface area is 415 Å². The van der Waals surface area contributed by atoms with Crippen molar-refractivity contribution in [2.75, 3.05) is 26.4 Å². The molecule has 0 fully saturated rings. The Morgan fingerprint density at radius 2 is 0.765 bits per heavy atom. The fourth-order valence-electron chi connectivity index (χ4n) is 7.32. The van der Waals surface area contributed by atoms with Crippen LogP contribution in [0.5, 0.6) is 0 Å². The molecule has 12 heteroatoms. The summed E-state index contributed by atoms with van der Waals surface area (Å²) in [5.41, 5.74) is 0. The number of phosphoric ester groups is 1. The monoisotopic (exact) mass is 979 g/mol. The fraction of sp³-hybridized carbons (Fsp3) is 0.768. The number of hydrogen-bond acceptors (Lipinski definition) is 10. The van der Waals surface area contributed by atoms with Crippen LogP contribution in [0, 0.1) is 0 Å². The molecule has 394 valence electrons. The van der Waals surface area contributed by atoms with Crippen molar-refractivity contribution in [2.24, 2.45) is 0 Å². The van der Waals surface area contributed by atoms with Gasteiger partial charge in [0.2, 0.25) is 0 Å². The van der Waals surface area contributed by atoms with Gasteiger partial charge in [0.05, 0.1) is 19.8 Å². The molecule has 3 atom stereocenters. The van der Waals surface area contributed by atoms with Crippen molar-refractivity contribution < 1.29 is 52.2 Å². The molecule has 0 amide bonds. The Balaban J connectivity index is 4.76. The van der Waals surface area contributed by atoms with Crippen LogP contribution >= 0.6 is 7.82 Å². The van der Waals surface area contributed by atoms with Crippen LogP contribution in [0.3, 0.4) is 0 Å². The molecule has 11 nitrogen and oxygen atoms in total. The van der Waals surface area contributed by atoms with E-state index in [0.717, 1.165) is 89.9 Å².